The Kier molecular flexibility index (Phi) is 3.90. The van der Waals surface area contributed by atoms with E-state index in [-0.39, 0.29) is 11.5 Å². The molecule has 0 radical (unpaired) electrons. The zero-order chi connectivity index (χ0) is 16.6. The molecule has 6 heteroatoms. The monoisotopic (exact) mass is 314 g/mol. The number of hydrogen-bond acceptors (Lipinski definition) is 4. The lowest BCUT2D eigenvalue weighted by Gasteiger charge is -2.32. The number of nitrogens with zero attached hydrogens (tertiary/aromatic N) is 2. The van der Waals surface area contributed by atoms with Gasteiger partial charge in [0.1, 0.15) is 0 Å². The molecule has 1 saturated heterocycles. The Morgan fingerprint density at radius 3 is 2.48 bits per heavy atom. The average Bonchev–Trinajstić information content (AvgIpc) is 2.53. The molecule has 1 aliphatic heterocycles. The largest absolute Gasteiger partial charge is 0.481 e. The second kappa shape index (κ2) is 5.87. The number of hydrogen-bond donors (Lipinski definition) is 2. The molecule has 6 nitrogen and oxygen atoms in total. The van der Waals surface area contributed by atoms with Gasteiger partial charge >= 0.3 is 11.9 Å². The maximum Gasteiger partial charge on any atom is 0.335 e. The lowest BCUT2D eigenvalue weighted by Crippen LogP contribution is -2.36. The van der Waals surface area contributed by atoms with Crippen molar-refractivity contribution >= 4 is 28.5 Å². The number of carbonyl (C=O) groups is 2. The van der Waals surface area contributed by atoms with Crippen LogP contribution in [0, 0.1) is 12.8 Å². The van der Waals surface area contributed by atoms with Crippen LogP contribution < -0.4 is 4.90 Å². The van der Waals surface area contributed by atoms with Crippen LogP contribution in [0.1, 0.15) is 28.9 Å². The van der Waals surface area contributed by atoms with Crippen molar-refractivity contribution in [2.24, 2.45) is 5.92 Å². The van der Waals surface area contributed by atoms with Crippen LogP contribution in [0.5, 0.6) is 0 Å². The molecule has 2 aromatic rings. The fourth-order valence-electron chi connectivity index (χ4n) is 3.10. The third kappa shape index (κ3) is 2.97. The molecule has 0 atom stereocenters. The van der Waals surface area contributed by atoms with Crippen molar-refractivity contribution < 1.29 is 19.8 Å². The number of fused-ring (bicyclic) bond motifs is 1. The number of carboxylic acid groups (broad SMARTS) is 2. The highest BCUT2D eigenvalue weighted by molar-refractivity contribution is 5.98. The number of anilines is 1. The SMILES string of the molecule is Cc1cc(N2CCC(C(=O)O)CC2)c2ccc(C(=O)O)cc2n1. The van der Waals surface area contributed by atoms with E-state index < -0.39 is 11.9 Å². The Balaban J connectivity index is 1.98. The van der Waals surface area contributed by atoms with Gasteiger partial charge in [-0.25, -0.2) is 4.79 Å². The first-order chi connectivity index (χ1) is 11.0. The van der Waals surface area contributed by atoms with E-state index in [1.54, 1.807) is 18.2 Å². The van der Waals surface area contributed by atoms with Gasteiger partial charge in [0, 0.05) is 29.9 Å². The summed E-state index contributed by atoms with van der Waals surface area (Å²) in [6.45, 7) is 3.23. The lowest BCUT2D eigenvalue weighted by molar-refractivity contribution is -0.142. The molecule has 0 amide bonds. The number of carboxylic acids is 2. The predicted octanol–water partition coefficient (Wildman–Crippen LogP) is 2.54. The number of piperidine rings is 1. The summed E-state index contributed by atoms with van der Waals surface area (Å²) in [7, 11) is 0. The summed E-state index contributed by atoms with van der Waals surface area (Å²) in [5.74, 6) is -1.98. The number of aryl methyl sites for hydroxylation is 1. The van der Waals surface area contributed by atoms with E-state index in [9.17, 15) is 9.59 Å². The standard InChI is InChI=1S/C17H18N2O4/c1-10-8-15(19-6-4-11(5-7-19)16(20)21)13-3-2-12(17(22)23)9-14(13)18-10/h2-3,8-9,11H,4-7H2,1H3,(H,20,21)(H,22,23). The van der Waals surface area contributed by atoms with Crippen LogP contribution in [0.3, 0.4) is 0 Å². The first-order valence-corrected chi connectivity index (χ1v) is 7.58. The van der Waals surface area contributed by atoms with E-state index in [1.165, 1.54) is 0 Å². The fraction of sp³-hybridized carbons (Fsp3) is 0.353. The van der Waals surface area contributed by atoms with Gasteiger partial charge < -0.3 is 15.1 Å². The van der Waals surface area contributed by atoms with Crippen molar-refractivity contribution in [3.05, 3.63) is 35.5 Å². The Hall–Kier alpha value is -2.63. The van der Waals surface area contributed by atoms with E-state index >= 15 is 0 Å². The van der Waals surface area contributed by atoms with E-state index in [2.05, 4.69) is 9.88 Å². The molecule has 0 aliphatic carbocycles. The molecular weight excluding hydrogens is 296 g/mol. The highest BCUT2D eigenvalue weighted by Gasteiger charge is 2.25. The maximum atomic E-state index is 11.1. The van der Waals surface area contributed by atoms with Crippen LogP contribution >= 0.6 is 0 Å². The first-order valence-electron chi connectivity index (χ1n) is 7.58. The van der Waals surface area contributed by atoms with Crippen LogP contribution in [-0.2, 0) is 4.79 Å². The topological polar surface area (TPSA) is 90.7 Å². The van der Waals surface area contributed by atoms with E-state index in [0.717, 1.165) is 16.8 Å². The van der Waals surface area contributed by atoms with Crippen LogP contribution in [-0.4, -0.2) is 40.2 Å². The Labute approximate surface area is 133 Å². The van der Waals surface area contributed by atoms with Crippen molar-refractivity contribution in [2.75, 3.05) is 18.0 Å². The van der Waals surface area contributed by atoms with Crippen LogP contribution in [0.25, 0.3) is 10.9 Å². The first kappa shape index (κ1) is 15.3. The van der Waals surface area contributed by atoms with Gasteiger partial charge in [-0.05, 0) is 44.0 Å². The van der Waals surface area contributed by atoms with Crippen LogP contribution in [0.15, 0.2) is 24.3 Å². The number of aliphatic carboxylic acids is 1. The molecule has 0 bridgehead atoms. The minimum Gasteiger partial charge on any atom is -0.481 e. The Morgan fingerprint density at radius 1 is 1.17 bits per heavy atom. The number of benzene rings is 1. The quantitative estimate of drug-likeness (QED) is 0.904. The smallest absolute Gasteiger partial charge is 0.335 e. The van der Waals surface area contributed by atoms with Gasteiger partial charge in [0.05, 0.1) is 17.0 Å². The summed E-state index contributed by atoms with van der Waals surface area (Å²) in [5, 5.41) is 19.1. The molecule has 2 heterocycles. The van der Waals surface area contributed by atoms with Gasteiger partial charge in [-0.1, -0.05) is 0 Å². The minimum atomic E-state index is -0.973. The Bertz CT molecular complexity index is 780. The number of aromatic carboxylic acids is 1. The summed E-state index contributed by atoms with van der Waals surface area (Å²) in [4.78, 5) is 28.8. The molecule has 1 aromatic carbocycles. The highest BCUT2D eigenvalue weighted by Crippen LogP contribution is 2.31. The van der Waals surface area contributed by atoms with Crippen molar-refractivity contribution in [1.82, 2.24) is 4.98 Å². The van der Waals surface area contributed by atoms with E-state index in [4.69, 9.17) is 10.2 Å². The normalized spacial score (nSPS) is 15.8. The van der Waals surface area contributed by atoms with Crippen molar-refractivity contribution in [3.63, 3.8) is 0 Å². The molecule has 0 spiro atoms. The summed E-state index contributed by atoms with van der Waals surface area (Å²) in [6.07, 6.45) is 1.23. The van der Waals surface area contributed by atoms with Crippen molar-refractivity contribution in [2.45, 2.75) is 19.8 Å². The van der Waals surface area contributed by atoms with E-state index in [1.807, 2.05) is 13.0 Å². The lowest BCUT2D eigenvalue weighted by atomic mass is 9.96. The van der Waals surface area contributed by atoms with Gasteiger partial charge in [-0.3, -0.25) is 9.78 Å². The fourth-order valence-corrected chi connectivity index (χ4v) is 3.10. The summed E-state index contributed by atoms with van der Waals surface area (Å²) >= 11 is 0. The molecule has 0 saturated carbocycles. The van der Waals surface area contributed by atoms with Crippen LogP contribution in [0.4, 0.5) is 5.69 Å². The molecule has 1 aliphatic rings. The molecular formula is C17H18N2O4. The maximum absolute atomic E-state index is 11.1. The van der Waals surface area contributed by atoms with Crippen LogP contribution in [0.2, 0.25) is 0 Å². The summed E-state index contributed by atoms with van der Waals surface area (Å²) < 4.78 is 0. The van der Waals surface area contributed by atoms with Crippen molar-refractivity contribution in [3.8, 4) is 0 Å². The molecule has 120 valence electrons. The molecule has 0 unspecified atom stereocenters. The second-order valence-corrected chi connectivity index (χ2v) is 5.92. The molecule has 1 aromatic heterocycles. The zero-order valence-electron chi connectivity index (χ0n) is 12.8. The molecule has 23 heavy (non-hydrogen) atoms. The van der Waals surface area contributed by atoms with Gasteiger partial charge in [0.15, 0.2) is 0 Å². The Morgan fingerprint density at radius 2 is 1.87 bits per heavy atom. The van der Waals surface area contributed by atoms with Gasteiger partial charge in [0.25, 0.3) is 0 Å². The second-order valence-electron chi connectivity index (χ2n) is 5.92. The van der Waals surface area contributed by atoms with Gasteiger partial charge in [-0.2, -0.15) is 0 Å². The van der Waals surface area contributed by atoms with Gasteiger partial charge in [-0.15, -0.1) is 0 Å². The highest BCUT2D eigenvalue weighted by atomic mass is 16.4. The molecule has 3 rings (SSSR count). The minimum absolute atomic E-state index is 0.214. The number of pyridine rings is 1. The third-order valence-corrected chi connectivity index (χ3v) is 4.35. The predicted molar refractivity (Wildman–Crippen MR) is 86.0 cm³/mol. The summed E-state index contributed by atoms with van der Waals surface area (Å²) in [6, 6.07) is 6.92. The third-order valence-electron chi connectivity index (χ3n) is 4.35. The van der Waals surface area contributed by atoms with Crippen molar-refractivity contribution in [1.29, 1.82) is 0 Å². The number of rotatable bonds is 3. The molecule has 2 N–H and O–H groups in total. The van der Waals surface area contributed by atoms with Gasteiger partial charge in [0.2, 0.25) is 0 Å². The zero-order valence-corrected chi connectivity index (χ0v) is 12.8. The summed E-state index contributed by atoms with van der Waals surface area (Å²) in [5.41, 5.74) is 2.68. The molecule has 1 fully saturated rings. The number of aromatic nitrogens is 1. The van der Waals surface area contributed by atoms with E-state index in [0.29, 0.717) is 31.4 Å². The average molecular weight is 314 g/mol.